The predicted octanol–water partition coefficient (Wildman–Crippen LogP) is 13.0. The van der Waals surface area contributed by atoms with Crippen LogP contribution in [0.25, 0.3) is 0 Å². The van der Waals surface area contributed by atoms with Crippen LogP contribution in [0.5, 0.6) is 0 Å². The molecule has 8 heteroatoms. The molecule has 0 aliphatic heterocycles. The molecule has 0 rings (SSSR count). The summed E-state index contributed by atoms with van der Waals surface area (Å²) in [7, 11) is 5.52. The molecule has 0 aliphatic carbocycles. The van der Waals surface area contributed by atoms with Crippen LogP contribution in [-0.2, 0) is 28.6 Å². The minimum atomic E-state index is -0.877. The van der Waals surface area contributed by atoms with Crippen molar-refractivity contribution in [3.63, 3.8) is 0 Å². The number of ether oxygens (including phenoxy) is 3. The highest BCUT2D eigenvalue weighted by Crippen LogP contribution is 2.14. The van der Waals surface area contributed by atoms with E-state index in [1.165, 1.54) is 109 Å². The molecule has 0 saturated heterocycles. The van der Waals surface area contributed by atoms with Crippen molar-refractivity contribution in [2.45, 2.75) is 219 Å². The van der Waals surface area contributed by atoms with E-state index in [1.54, 1.807) is 0 Å². The van der Waals surface area contributed by atoms with Gasteiger partial charge in [-0.05, 0) is 64.2 Å². The third kappa shape index (κ3) is 38.8. The molecule has 2 unspecified atom stereocenters. The summed E-state index contributed by atoms with van der Waals surface area (Å²) >= 11 is 0. The summed E-state index contributed by atoms with van der Waals surface area (Å²) in [6.07, 6.45) is 46.1. The lowest BCUT2D eigenvalue weighted by atomic mass is 10.1. The van der Waals surface area contributed by atoms with Gasteiger partial charge in [0.25, 0.3) is 0 Å². The first-order chi connectivity index (χ1) is 27.6. The molecule has 0 radical (unpaired) electrons. The molecule has 0 aromatic rings. The van der Waals surface area contributed by atoms with Crippen LogP contribution in [0.4, 0.5) is 0 Å². The zero-order valence-electron chi connectivity index (χ0n) is 37.8. The van der Waals surface area contributed by atoms with E-state index in [2.05, 4.69) is 50.3 Å². The molecule has 8 nitrogen and oxygen atoms in total. The second-order valence-electron chi connectivity index (χ2n) is 17.0. The molecule has 0 aromatic carbocycles. The van der Waals surface area contributed by atoms with Gasteiger partial charge in [0.15, 0.2) is 12.1 Å². The molecule has 2 atom stereocenters. The van der Waals surface area contributed by atoms with E-state index in [0.29, 0.717) is 19.3 Å². The molecule has 0 aliphatic rings. The minimum absolute atomic E-state index is 0.0561. The Bertz CT molecular complexity index is 1030. The Balaban J connectivity index is 4.29. The molecule has 0 fully saturated rings. The summed E-state index contributed by atoms with van der Waals surface area (Å²) < 4.78 is 17.3. The SMILES string of the molecule is CCCC/C=C\C/C=C\CCCCCCCC(=O)OC(COCCC(C(=O)O)[N+](C)(C)C)COC(=O)CCCCCCCCCCC/C=C\CCCCCCCC. The van der Waals surface area contributed by atoms with Crippen LogP contribution in [0.3, 0.4) is 0 Å². The quantitative estimate of drug-likeness (QED) is 0.0284. The Labute approximate surface area is 351 Å². The minimum Gasteiger partial charge on any atom is -0.477 e. The number of nitrogens with zero attached hydrogens (tertiary/aromatic N) is 1. The molecule has 1 N–H and O–H groups in total. The molecule has 57 heavy (non-hydrogen) atoms. The third-order valence-electron chi connectivity index (χ3n) is 10.5. The van der Waals surface area contributed by atoms with Gasteiger partial charge in [-0.15, -0.1) is 0 Å². The number of unbranched alkanes of at least 4 members (excludes halogenated alkanes) is 22. The maximum Gasteiger partial charge on any atom is 0.362 e. The summed E-state index contributed by atoms with van der Waals surface area (Å²) in [6, 6.07) is -0.616. The molecule has 0 bridgehead atoms. The summed E-state index contributed by atoms with van der Waals surface area (Å²) in [6.45, 7) is 4.69. The number of carbonyl (C=O) groups is 3. The number of carboxylic acids is 1. The van der Waals surface area contributed by atoms with Crippen molar-refractivity contribution in [2.75, 3.05) is 41.0 Å². The number of quaternary nitrogens is 1. The number of hydrogen-bond donors (Lipinski definition) is 1. The number of esters is 2. The zero-order valence-corrected chi connectivity index (χ0v) is 37.8. The first-order valence-electron chi connectivity index (χ1n) is 23.5. The molecule has 0 saturated carbocycles. The van der Waals surface area contributed by atoms with Gasteiger partial charge in [0.1, 0.15) is 6.61 Å². The fraction of sp³-hybridized carbons (Fsp3) is 0.816. The topological polar surface area (TPSA) is 99.1 Å². The molecular formula is C49H90NO7+. The van der Waals surface area contributed by atoms with Crippen molar-refractivity contribution in [3.8, 4) is 0 Å². The highest BCUT2D eigenvalue weighted by Gasteiger charge is 2.31. The smallest absolute Gasteiger partial charge is 0.362 e. The number of hydrogen-bond acceptors (Lipinski definition) is 6. The maximum atomic E-state index is 12.7. The van der Waals surface area contributed by atoms with E-state index in [0.717, 1.165) is 64.2 Å². The second-order valence-corrected chi connectivity index (χ2v) is 17.0. The molecule has 0 amide bonds. The van der Waals surface area contributed by atoms with Crippen LogP contribution in [0, 0.1) is 0 Å². The molecule has 0 heterocycles. The monoisotopic (exact) mass is 805 g/mol. The number of allylic oxidation sites excluding steroid dienone is 6. The summed E-state index contributed by atoms with van der Waals surface area (Å²) in [5, 5.41) is 9.63. The number of aliphatic carboxylic acids is 1. The average Bonchev–Trinajstić information content (AvgIpc) is 3.17. The van der Waals surface area contributed by atoms with E-state index in [4.69, 9.17) is 14.2 Å². The Morgan fingerprint density at radius 3 is 1.42 bits per heavy atom. The van der Waals surface area contributed by atoms with Gasteiger partial charge in [-0.25, -0.2) is 4.79 Å². The van der Waals surface area contributed by atoms with Crippen molar-refractivity contribution in [2.24, 2.45) is 0 Å². The first kappa shape index (κ1) is 54.6. The Kier molecular flexibility index (Phi) is 38.6. The van der Waals surface area contributed by atoms with Crippen LogP contribution < -0.4 is 0 Å². The van der Waals surface area contributed by atoms with Gasteiger partial charge in [-0.3, -0.25) is 9.59 Å². The van der Waals surface area contributed by atoms with Crippen molar-refractivity contribution < 1.29 is 38.2 Å². The Hall–Kier alpha value is -2.45. The van der Waals surface area contributed by atoms with Crippen molar-refractivity contribution in [1.29, 1.82) is 0 Å². The molecule has 0 aromatic heterocycles. The third-order valence-corrected chi connectivity index (χ3v) is 10.5. The molecule has 332 valence electrons. The lowest BCUT2D eigenvalue weighted by Crippen LogP contribution is -2.50. The van der Waals surface area contributed by atoms with Gasteiger partial charge in [0, 0.05) is 19.3 Å². The fourth-order valence-corrected chi connectivity index (χ4v) is 6.81. The first-order valence-corrected chi connectivity index (χ1v) is 23.5. The van der Waals surface area contributed by atoms with E-state index in [-0.39, 0.29) is 36.2 Å². The standard InChI is InChI=1S/C49H89NO7/c1-6-8-10-12-14-16-18-20-22-23-24-25-26-28-29-31-33-35-37-39-47(51)56-44-45(43-55-42-41-46(49(53)54)50(3,4)5)57-48(52)40-38-36-34-32-30-27-21-19-17-15-13-11-9-7-2/h13,15,19-22,45-46H,6-12,14,16-18,23-44H2,1-5H3/p+1/b15-13-,21-19-,22-20-. The van der Waals surface area contributed by atoms with Gasteiger partial charge in [-0.1, -0.05) is 159 Å². The largest absolute Gasteiger partial charge is 0.477 e. The van der Waals surface area contributed by atoms with Crippen LogP contribution >= 0.6 is 0 Å². The van der Waals surface area contributed by atoms with Crippen LogP contribution in [0.2, 0.25) is 0 Å². The number of rotatable bonds is 42. The van der Waals surface area contributed by atoms with Crippen LogP contribution in [0.1, 0.15) is 206 Å². The second kappa shape index (κ2) is 40.3. The number of carboxylic acid groups (broad SMARTS) is 1. The Morgan fingerprint density at radius 2 is 0.947 bits per heavy atom. The predicted molar refractivity (Wildman–Crippen MR) is 238 cm³/mol. The fourth-order valence-electron chi connectivity index (χ4n) is 6.81. The number of likely N-dealkylation sites (N-methyl/N-ethyl adjacent to an activating group) is 1. The van der Waals surface area contributed by atoms with Gasteiger partial charge >= 0.3 is 17.9 Å². The van der Waals surface area contributed by atoms with E-state index < -0.39 is 18.1 Å². The van der Waals surface area contributed by atoms with Crippen molar-refractivity contribution in [3.05, 3.63) is 36.5 Å². The van der Waals surface area contributed by atoms with Gasteiger partial charge in [0.05, 0.1) is 34.4 Å². The normalized spacial score (nSPS) is 13.2. The molecular weight excluding hydrogens is 715 g/mol. The summed E-state index contributed by atoms with van der Waals surface area (Å²) in [4.78, 5) is 37.0. The maximum absolute atomic E-state index is 12.7. The van der Waals surface area contributed by atoms with E-state index in [1.807, 2.05) is 21.1 Å². The average molecular weight is 805 g/mol. The highest BCUT2D eigenvalue weighted by atomic mass is 16.6. The lowest BCUT2D eigenvalue weighted by Gasteiger charge is -2.31. The van der Waals surface area contributed by atoms with Gasteiger partial charge in [0.2, 0.25) is 0 Å². The molecule has 0 spiro atoms. The van der Waals surface area contributed by atoms with Crippen LogP contribution in [-0.4, -0.2) is 80.6 Å². The van der Waals surface area contributed by atoms with E-state index in [9.17, 15) is 19.5 Å². The Morgan fingerprint density at radius 1 is 0.526 bits per heavy atom. The van der Waals surface area contributed by atoms with Gasteiger partial charge < -0.3 is 23.8 Å². The highest BCUT2D eigenvalue weighted by molar-refractivity contribution is 5.72. The lowest BCUT2D eigenvalue weighted by molar-refractivity contribution is -0.887. The van der Waals surface area contributed by atoms with Crippen molar-refractivity contribution >= 4 is 17.9 Å². The number of carbonyl (C=O) groups excluding carboxylic acids is 2. The zero-order chi connectivity index (χ0) is 42.1. The summed E-state index contributed by atoms with van der Waals surface area (Å²) in [5.74, 6) is -1.48. The van der Waals surface area contributed by atoms with Gasteiger partial charge in [-0.2, -0.15) is 0 Å². The van der Waals surface area contributed by atoms with Crippen molar-refractivity contribution in [1.82, 2.24) is 0 Å². The summed E-state index contributed by atoms with van der Waals surface area (Å²) in [5.41, 5.74) is 0. The van der Waals surface area contributed by atoms with Crippen LogP contribution in [0.15, 0.2) is 36.5 Å². The van der Waals surface area contributed by atoms with E-state index >= 15 is 0 Å².